The first-order chi connectivity index (χ1) is 7.52. The van der Waals surface area contributed by atoms with E-state index < -0.39 is 35.5 Å². The van der Waals surface area contributed by atoms with E-state index in [1.54, 1.807) is 0 Å². The van der Waals surface area contributed by atoms with Gasteiger partial charge in [-0.2, -0.15) is 0 Å². The molecule has 0 atom stereocenters. The Kier molecular flexibility index (Phi) is 3.97. The van der Waals surface area contributed by atoms with Gasteiger partial charge in [0.15, 0.2) is 23.7 Å². The van der Waals surface area contributed by atoms with Gasteiger partial charge in [-0.15, -0.1) is 0 Å². The number of ether oxygens (including phenoxy) is 1. The maximum absolute atomic E-state index is 13.5. The van der Waals surface area contributed by atoms with Gasteiger partial charge in [-0.25, -0.2) is 8.78 Å². The first-order valence-electron chi connectivity index (χ1n) is 4.48. The van der Waals surface area contributed by atoms with Crippen molar-refractivity contribution in [3.05, 3.63) is 23.3 Å². The van der Waals surface area contributed by atoms with Crippen molar-refractivity contribution in [3.63, 3.8) is 0 Å². The standard InChI is InChI=1S/C9H9BF2O4/c1-2-16-9-7(11)5(4-13)3-6(8(9)12)10(14)15/h3-4,14-15H,2H2,1H3. The van der Waals surface area contributed by atoms with E-state index in [-0.39, 0.29) is 12.9 Å². The lowest BCUT2D eigenvalue weighted by Gasteiger charge is -2.11. The summed E-state index contributed by atoms with van der Waals surface area (Å²) in [6.07, 6.45) is 0.142. The van der Waals surface area contributed by atoms with Crippen LogP contribution in [0.5, 0.6) is 5.75 Å². The second-order valence-electron chi connectivity index (χ2n) is 2.94. The van der Waals surface area contributed by atoms with Crippen molar-refractivity contribution in [2.45, 2.75) is 6.92 Å². The highest BCUT2D eigenvalue weighted by atomic mass is 19.1. The second kappa shape index (κ2) is 5.04. The monoisotopic (exact) mass is 230 g/mol. The Morgan fingerprint density at radius 3 is 2.50 bits per heavy atom. The number of carbonyl (C=O) groups excluding carboxylic acids is 1. The molecule has 1 rings (SSSR count). The lowest BCUT2D eigenvalue weighted by molar-refractivity contribution is 0.111. The summed E-state index contributed by atoms with van der Waals surface area (Å²) in [5, 5.41) is 17.7. The molecule has 86 valence electrons. The molecule has 1 aromatic rings. The van der Waals surface area contributed by atoms with Crippen molar-refractivity contribution in [1.29, 1.82) is 0 Å². The van der Waals surface area contributed by atoms with Crippen molar-refractivity contribution in [1.82, 2.24) is 0 Å². The molecule has 7 heteroatoms. The van der Waals surface area contributed by atoms with E-state index >= 15 is 0 Å². The zero-order valence-electron chi connectivity index (χ0n) is 8.41. The van der Waals surface area contributed by atoms with Crippen LogP contribution in [0.25, 0.3) is 0 Å². The topological polar surface area (TPSA) is 66.8 Å². The molecular weight excluding hydrogens is 221 g/mol. The number of carbonyl (C=O) groups is 1. The average Bonchev–Trinajstić information content (AvgIpc) is 2.24. The molecule has 0 unspecified atom stereocenters. The number of benzene rings is 1. The Balaban J connectivity index is 3.44. The fourth-order valence-electron chi connectivity index (χ4n) is 1.20. The number of rotatable bonds is 4. The van der Waals surface area contributed by atoms with Gasteiger partial charge < -0.3 is 14.8 Å². The fourth-order valence-corrected chi connectivity index (χ4v) is 1.20. The number of hydrogen-bond acceptors (Lipinski definition) is 4. The van der Waals surface area contributed by atoms with E-state index in [1.807, 2.05) is 0 Å². The van der Waals surface area contributed by atoms with Crippen molar-refractivity contribution in [2.24, 2.45) is 0 Å². The van der Waals surface area contributed by atoms with Gasteiger partial charge in [0.2, 0.25) is 0 Å². The molecule has 16 heavy (non-hydrogen) atoms. The van der Waals surface area contributed by atoms with Gasteiger partial charge in [0.05, 0.1) is 12.2 Å². The Morgan fingerprint density at radius 1 is 1.44 bits per heavy atom. The van der Waals surface area contributed by atoms with E-state index in [9.17, 15) is 13.6 Å². The SMILES string of the molecule is CCOc1c(F)c(C=O)cc(B(O)O)c1F. The second-order valence-corrected chi connectivity index (χ2v) is 2.94. The molecule has 0 saturated heterocycles. The van der Waals surface area contributed by atoms with E-state index in [4.69, 9.17) is 10.0 Å². The summed E-state index contributed by atoms with van der Waals surface area (Å²) in [4.78, 5) is 10.5. The minimum Gasteiger partial charge on any atom is -0.488 e. The van der Waals surface area contributed by atoms with Crippen LogP contribution < -0.4 is 10.2 Å². The highest BCUT2D eigenvalue weighted by molar-refractivity contribution is 6.58. The highest BCUT2D eigenvalue weighted by Gasteiger charge is 2.25. The van der Waals surface area contributed by atoms with Crippen LogP contribution >= 0.6 is 0 Å². The first kappa shape index (κ1) is 12.6. The summed E-state index contributed by atoms with van der Waals surface area (Å²) in [6, 6.07) is 0.727. The van der Waals surface area contributed by atoms with Gasteiger partial charge in [-0.3, -0.25) is 4.79 Å². The molecule has 0 bridgehead atoms. The minimum atomic E-state index is -2.14. The third-order valence-electron chi connectivity index (χ3n) is 1.91. The number of halogens is 2. The van der Waals surface area contributed by atoms with Gasteiger partial charge in [0, 0.05) is 5.46 Å². The molecule has 4 nitrogen and oxygen atoms in total. The molecule has 0 aliphatic heterocycles. The molecule has 1 aromatic carbocycles. The minimum absolute atomic E-state index is 0.0168. The quantitative estimate of drug-likeness (QED) is 0.557. The first-order valence-corrected chi connectivity index (χ1v) is 4.48. The molecule has 2 N–H and O–H groups in total. The van der Waals surface area contributed by atoms with Crippen molar-refractivity contribution in [3.8, 4) is 5.75 Å². The molecule has 0 radical (unpaired) electrons. The molecule has 0 amide bonds. The van der Waals surface area contributed by atoms with E-state index in [2.05, 4.69) is 4.74 Å². The molecule has 0 spiro atoms. The Hall–Kier alpha value is -1.47. The van der Waals surface area contributed by atoms with Crippen LogP contribution in [0.4, 0.5) is 8.78 Å². The van der Waals surface area contributed by atoms with Gasteiger partial charge in [-0.1, -0.05) is 0 Å². The van der Waals surface area contributed by atoms with Crippen molar-refractivity contribution in [2.75, 3.05) is 6.61 Å². The lowest BCUT2D eigenvalue weighted by atomic mass is 9.79. The lowest BCUT2D eigenvalue weighted by Crippen LogP contribution is -2.34. The zero-order chi connectivity index (χ0) is 12.3. The van der Waals surface area contributed by atoms with Crippen LogP contribution in [0, 0.1) is 11.6 Å². The van der Waals surface area contributed by atoms with Crippen molar-refractivity contribution < 1.29 is 28.4 Å². The maximum atomic E-state index is 13.5. The predicted molar refractivity (Wildman–Crippen MR) is 52.7 cm³/mol. The van der Waals surface area contributed by atoms with Crippen LogP contribution in [0.2, 0.25) is 0 Å². The molecule has 0 saturated carbocycles. The van der Waals surface area contributed by atoms with Crippen molar-refractivity contribution >= 4 is 18.9 Å². The van der Waals surface area contributed by atoms with Crippen LogP contribution in [0.15, 0.2) is 6.07 Å². The third kappa shape index (κ3) is 2.20. The largest absolute Gasteiger partial charge is 0.491 e. The molecular formula is C9H9BF2O4. The summed E-state index contributed by atoms with van der Waals surface area (Å²) < 4.78 is 31.6. The van der Waals surface area contributed by atoms with Crippen LogP contribution in [-0.4, -0.2) is 30.1 Å². The molecule has 0 aliphatic carbocycles. The van der Waals surface area contributed by atoms with Gasteiger partial charge in [0.1, 0.15) is 0 Å². The number of hydrogen-bond donors (Lipinski definition) is 2. The molecule has 0 aliphatic rings. The Labute approximate surface area is 90.6 Å². The van der Waals surface area contributed by atoms with E-state index in [0.29, 0.717) is 0 Å². The van der Waals surface area contributed by atoms with E-state index in [0.717, 1.165) is 6.07 Å². The summed E-state index contributed by atoms with van der Waals surface area (Å²) in [5.41, 5.74) is -1.10. The van der Waals surface area contributed by atoms with Gasteiger partial charge in [0.25, 0.3) is 0 Å². The van der Waals surface area contributed by atoms with Gasteiger partial charge in [-0.05, 0) is 13.0 Å². The smallest absolute Gasteiger partial charge is 0.488 e. The van der Waals surface area contributed by atoms with Crippen LogP contribution in [0.1, 0.15) is 17.3 Å². The zero-order valence-corrected chi connectivity index (χ0v) is 8.41. The van der Waals surface area contributed by atoms with Crippen LogP contribution in [0.3, 0.4) is 0 Å². The van der Waals surface area contributed by atoms with Gasteiger partial charge >= 0.3 is 7.12 Å². The van der Waals surface area contributed by atoms with Crippen LogP contribution in [-0.2, 0) is 0 Å². The average molecular weight is 230 g/mol. The molecule has 0 fully saturated rings. The molecule has 0 aromatic heterocycles. The summed E-state index contributed by atoms with van der Waals surface area (Å²) in [6.45, 7) is 1.48. The number of aldehydes is 1. The molecule has 0 heterocycles. The normalized spacial score (nSPS) is 10.1. The summed E-state index contributed by atoms with van der Waals surface area (Å²) in [7, 11) is -2.14. The van der Waals surface area contributed by atoms with E-state index in [1.165, 1.54) is 6.92 Å². The summed E-state index contributed by atoms with van der Waals surface area (Å²) in [5.74, 6) is -3.16. The fraction of sp³-hybridized carbons (Fsp3) is 0.222. The Bertz CT molecular complexity index is 409. The predicted octanol–water partition coefficient (Wildman–Crippen LogP) is -0.144. The highest BCUT2D eigenvalue weighted by Crippen LogP contribution is 2.22. The third-order valence-corrected chi connectivity index (χ3v) is 1.91. The maximum Gasteiger partial charge on any atom is 0.491 e. The Morgan fingerprint density at radius 2 is 2.06 bits per heavy atom. The summed E-state index contributed by atoms with van der Waals surface area (Å²) >= 11 is 0.